The van der Waals surface area contributed by atoms with E-state index in [1.807, 2.05) is 0 Å². The number of allylic oxidation sites excluding steroid dienone is 1. The molecule has 0 aliphatic heterocycles. The molecule has 0 unspecified atom stereocenters. The third-order valence-corrected chi connectivity index (χ3v) is 4.06. The van der Waals surface area contributed by atoms with Crippen LogP contribution in [0, 0.1) is 5.92 Å². The molecule has 1 nitrogen and oxygen atoms in total. The highest BCUT2D eigenvalue weighted by Gasteiger charge is 2.12. The lowest BCUT2D eigenvalue weighted by atomic mass is 10.2. The molecule has 0 aromatic rings. The topological polar surface area (TPSA) is 9.23 Å². The first-order chi connectivity index (χ1) is 5.33. The summed E-state index contributed by atoms with van der Waals surface area (Å²) in [5.41, 5.74) is 0. The summed E-state index contributed by atoms with van der Waals surface area (Å²) in [7, 11) is -1.31. The highest BCUT2D eigenvalue weighted by Crippen LogP contribution is 2.17. The summed E-state index contributed by atoms with van der Waals surface area (Å²) < 4.78 is 7.10. The van der Waals surface area contributed by atoms with Gasteiger partial charge >= 0.3 is 0 Å². The van der Waals surface area contributed by atoms with Crippen LogP contribution in [0.4, 0.5) is 0 Å². The van der Waals surface area contributed by atoms with Crippen LogP contribution >= 0.6 is 22.6 Å². The Balaban J connectivity index is 3.75. The Morgan fingerprint density at radius 3 is 2.25 bits per heavy atom. The van der Waals surface area contributed by atoms with Crippen LogP contribution in [0.3, 0.4) is 0 Å². The van der Waals surface area contributed by atoms with Gasteiger partial charge in [0, 0.05) is 0 Å². The molecular formula is C9H19IOSi. The molecule has 0 saturated carbocycles. The third-order valence-electron chi connectivity index (χ3n) is 1.35. The van der Waals surface area contributed by atoms with E-state index in [0.29, 0.717) is 5.92 Å². The molecule has 3 heteroatoms. The molecule has 0 bridgehead atoms. The Labute approximate surface area is 90.8 Å². The molecule has 0 aromatic carbocycles. The van der Waals surface area contributed by atoms with E-state index >= 15 is 0 Å². The minimum atomic E-state index is -1.31. The van der Waals surface area contributed by atoms with Crippen LogP contribution < -0.4 is 0 Å². The van der Waals surface area contributed by atoms with E-state index in [0.717, 1.165) is 6.61 Å². The first-order valence-electron chi connectivity index (χ1n) is 4.32. The molecule has 0 aromatic heterocycles. The van der Waals surface area contributed by atoms with E-state index in [2.05, 4.69) is 62.2 Å². The Kier molecular flexibility index (Phi) is 5.68. The largest absolute Gasteiger partial charge is 0.414 e. The van der Waals surface area contributed by atoms with Crippen LogP contribution in [0.25, 0.3) is 0 Å². The van der Waals surface area contributed by atoms with Gasteiger partial charge in [-0.3, -0.25) is 0 Å². The Morgan fingerprint density at radius 2 is 1.92 bits per heavy atom. The maximum Gasteiger partial charge on any atom is 0.184 e. The van der Waals surface area contributed by atoms with Crippen molar-refractivity contribution >= 4 is 30.9 Å². The molecule has 0 N–H and O–H groups in total. The van der Waals surface area contributed by atoms with E-state index in [1.165, 1.54) is 3.58 Å². The summed E-state index contributed by atoms with van der Waals surface area (Å²) in [6.45, 7) is 11.8. The summed E-state index contributed by atoms with van der Waals surface area (Å²) >= 11 is 2.38. The highest BCUT2D eigenvalue weighted by atomic mass is 127. The Morgan fingerprint density at radius 1 is 1.42 bits per heavy atom. The summed E-state index contributed by atoms with van der Waals surface area (Å²) in [5, 5.41) is 0. The van der Waals surface area contributed by atoms with Crippen molar-refractivity contribution in [1.82, 2.24) is 0 Å². The van der Waals surface area contributed by atoms with Gasteiger partial charge in [-0.05, 0) is 51.7 Å². The number of rotatable bonds is 4. The van der Waals surface area contributed by atoms with Gasteiger partial charge in [0.15, 0.2) is 8.32 Å². The molecule has 0 saturated heterocycles. The van der Waals surface area contributed by atoms with E-state index < -0.39 is 8.32 Å². The van der Waals surface area contributed by atoms with Crippen molar-refractivity contribution < 1.29 is 4.43 Å². The fourth-order valence-corrected chi connectivity index (χ4v) is 1.37. The van der Waals surface area contributed by atoms with Gasteiger partial charge in [0.05, 0.1) is 6.61 Å². The summed E-state index contributed by atoms with van der Waals surface area (Å²) in [4.78, 5) is 0. The van der Waals surface area contributed by atoms with Crippen LogP contribution in [0.2, 0.25) is 19.6 Å². The summed E-state index contributed by atoms with van der Waals surface area (Å²) in [5.74, 6) is 0.635. The zero-order chi connectivity index (χ0) is 9.78. The van der Waals surface area contributed by atoms with Gasteiger partial charge in [0.25, 0.3) is 0 Å². The van der Waals surface area contributed by atoms with Gasteiger partial charge < -0.3 is 4.43 Å². The second kappa shape index (κ2) is 5.39. The van der Waals surface area contributed by atoms with Gasteiger partial charge in [0.2, 0.25) is 0 Å². The fourth-order valence-electron chi connectivity index (χ4n) is 0.607. The first kappa shape index (κ1) is 12.6. The van der Waals surface area contributed by atoms with Gasteiger partial charge in [-0.2, -0.15) is 0 Å². The zero-order valence-corrected chi connectivity index (χ0v) is 11.8. The van der Waals surface area contributed by atoms with E-state index in [4.69, 9.17) is 4.43 Å². The molecule has 0 fully saturated rings. The lowest BCUT2D eigenvalue weighted by Gasteiger charge is -2.15. The summed E-state index contributed by atoms with van der Waals surface area (Å²) in [6, 6.07) is 0. The smallest absolute Gasteiger partial charge is 0.184 e. The van der Waals surface area contributed by atoms with Crippen molar-refractivity contribution in [2.45, 2.75) is 33.5 Å². The second-order valence-corrected chi connectivity index (χ2v) is 9.93. The van der Waals surface area contributed by atoms with Crippen molar-refractivity contribution in [1.29, 1.82) is 0 Å². The third kappa shape index (κ3) is 7.30. The average molecular weight is 298 g/mol. The monoisotopic (exact) mass is 298 g/mol. The van der Waals surface area contributed by atoms with Crippen molar-refractivity contribution in [2.75, 3.05) is 6.61 Å². The van der Waals surface area contributed by atoms with Gasteiger partial charge in [-0.1, -0.05) is 19.9 Å². The SMILES string of the molecule is CC(C)/C(I)=C/CO[Si](C)(C)C. The fraction of sp³-hybridized carbons (Fsp3) is 0.778. The normalized spacial score (nSPS) is 14.1. The molecule has 0 heterocycles. The predicted molar refractivity (Wildman–Crippen MR) is 66.2 cm³/mol. The van der Waals surface area contributed by atoms with Crippen LogP contribution in [-0.4, -0.2) is 14.9 Å². The second-order valence-electron chi connectivity index (χ2n) is 4.17. The van der Waals surface area contributed by atoms with Crippen LogP contribution in [-0.2, 0) is 4.43 Å². The number of hydrogen-bond acceptors (Lipinski definition) is 1. The average Bonchev–Trinajstić information content (AvgIpc) is 1.84. The van der Waals surface area contributed by atoms with Crippen LogP contribution in [0.1, 0.15) is 13.8 Å². The van der Waals surface area contributed by atoms with Crippen LogP contribution in [0.15, 0.2) is 9.66 Å². The number of hydrogen-bond donors (Lipinski definition) is 0. The van der Waals surface area contributed by atoms with E-state index in [9.17, 15) is 0 Å². The van der Waals surface area contributed by atoms with Gasteiger partial charge in [-0.15, -0.1) is 0 Å². The van der Waals surface area contributed by atoms with Crippen molar-refractivity contribution in [3.8, 4) is 0 Å². The molecule has 0 rings (SSSR count). The van der Waals surface area contributed by atoms with Crippen molar-refractivity contribution in [3.05, 3.63) is 9.66 Å². The lowest BCUT2D eigenvalue weighted by molar-refractivity contribution is 0.356. The first-order valence-corrected chi connectivity index (χ1v) is 8.81. The minimum absolute atomic E-state index is 0.635. The Hall–Kier alpha value is 0.647. The molecule has 0 radical (unpaired) electrons. The molecule has 12 heavy (non-hydrogen) atoms. The maximum atomic E-state index is 5.71. The maximum absolute atomic E-state index is 5.71. The predicted octanol–water partition coefficient (Wildman–Crippen LogP) is 3.81. The molecule has 0 amide bonds. The molecular weight excluding hydrogens is 279 g/mol. The molecule has 72 valence electrons. The quantitative estimate of drug-likeness (QED) is 0.566. The molecule has 0 atom stereocenters. The van der Waals surface area contributed by atoms with Gasteiger partial charge in [-0.25, -0.2) is 0 Å². The minimum Gasteiger partial charge on any atom is -0.414 e. The summed E-state index contributed by atoms with van der Waals surface area (Å²) in [6.07, 6.45) is 2.18. The van der Waals surface area contributed by atoms with Crippen LogP contribution in [0.5, 0.6) is 0 Å². The standard InChI is InChI=1S/C9H19IOSi/c1-8(2)9(10)6-7-11-12(3,4)5/h6,8H,7H2,1-5H3/b9-6-. The van der Waals surface area contributed by atoms with Crippen molar-refractivity contribution in [2.24, 2.45) is 5.92 Å². The van der Waals surface area contributed by atoms with Crippen molar-refractivity contribution in [3.63, 3.8) is 0 Å². The zero-order valence-electron chi connectivity index (χ0n) is 8.65. The van der Waals surface area contributed by atoms with E-state index in [-0.39, 0.29) is 0 Å². The lowest BCUT2D eigenvalue weighted by Crippen LogP contribution is -2.25. The van der Waals surface area contributed by atoms with Gasteiger partial charge in [0.1, 0.15) is 0 Å². The van der Waals surface area contributed by atoms with E-state index in [1.54, 1.807) is 0 Å². The number of halogens is 1. The molecule has 0 aliphatic rings. The highest BCUT2D eigenvalue weighted by molar-refractivity contribution is 14.1. The molecule has 0 aliphatic carbocycles. The Bertz CT molecular complexity index is 158. The molecule has 0 spiro atoms.